The molecule has 0 aromatic rings. The van der Waals surface area contributed by atoms with Crippen LogP contribution >= 0.6 is 0 Å². The van der Waals surface area contributed by atoms with Crippen LogP contribution < -0.4 is 0 Å². The molecule has 1 N–H and O–H groups in total. The number of rotatable bonds is 7. The van der Waals surface area contributed by atoms with E-state index < -0.39 is 5.97 Å². The second kappa shape index (κ2) is 7.60. The molecule has 0 atom stereocenters. The van der Waals surface area contributed by atoms with Crippen LogP contribution in [0.5, 0.6) is 0 Å². The molecule has 0 radical (unpaired) electrons. The van der Waals surface area contributed by atoms with Crippen molar-refractivity contribution in [2.45, 2.75) is 13.3 Å². The van der Waals surface area contributed by atoms with E-state index in [2.05, 4.69) is 11.8 Å². The number of aliphatic carboxylic acids is 1. The van der Waals surface area contributed by atoms with Crippen LogP contribution in [0, 0.1) is 0 Å². The van der Waals surface area contributed by atoms with E-state index in [1.54, 1.807) is 0 Å². The number of carbonyl (C=O) groups is 1. The van der Waals surface area contributed by atoms with Crippen LogP contribution in [0.15, 0.2) is 0 Å². The quantitative estimate of drug-likeness (QED) is 0.629. The van der Waals surface area contributed by atoms with E-state index in [1.165, 1.54) is 0 Å². The third-order valence-corrected chi connectivity index (χ3v) is 2.72. The van der Waals surface area contributed by atoms with Crippen LogP contribution in [-0.4, -0.2) is 73.4 Å². The highest BCUT2D eigenvalue weighted by molar-refractivity contribution is 5.69. The summed E-state index contributed by atoms with van der Waals surface area (Å²) in [4.78, 5) is 14.8. The van der Waals surface area contributed by atoms with Crippen LogP contribution in [0.1, 0.15) is 13.3 Å². The molecule has 1 saturated heterocycles. The highest BCUT2D eigenvalue weighted by Gasteiger charge is 2.17. The fourth-order valence-electron chi connectivity index (χ4n) is 1.80. The molecule has 1 rings (SSSR count). The van der Waals surface area contributed by atoms with Gasteiger partial charge in [-0.05, 0) is 6.42 Å². The highest BCUT2D eigenvalue weighted by atomic mass is 16.5. The Bertz CT molecular complexity index is 203. The van der Waals surface area contributed by atoms with Crippen molar-refractivity contribution in [2.24, 2.45) is 0 Å². The van der Waals surface area contributed by atoms with Gasteiger partial charge in [-0.15, -0.1) is 0 Å². The molecule has 5 heteroatoms. The lowest BCUT2D eigenvalue weighted by molar-refractivity contribution is -0.138. The fourth-order valence-corrected chi connectivity index (χ4v) is 1.80. The zero-order valence-corrected chi connectivity index (χ0v) is 10.0. The van der Waals surface area contributed by atoms with Gasteiger partial charge < -0.3 is 9.84 Å². The van der Waals surface area contributed by atoms with Crippen molar-refractivity contribution in [3.05, 3.63) is 0 Å². The molecule has 0 unspecified atom stereocenters. The first-order chi connectivity index (χ1) is 7.72. The first-order valence-corrected chi connectivity index (χ1v) is 5.96. The molecule has 0 bridgehead atoms. The maximum atomic E-state index is 10.5. The van der Waals surface area contributed by atoms with Crippen molar-refractivity contribution in [3.63, 3.8) is 0 Å². The summed E-state index contributed by atoms with van der Waals surface area (Å²) in [5, 5.41) is 8.66. The summed E-state index contributed by atoms with van der Waals surface area (Å²) < 4.78 is 5.43. The summed E-state index contributed by atoms with van der Waals surface area (Å²) in [7, 11) is 0. The molecule has 16 heavy (non-hydrogen) atoms. The normalized spacial score (nSPS) is 18.8. The highest BCUT2D eigenvalue weighted by Crippen LogP contribution is 2.00. The predicted octanol–water partition coefficient (Wildman–Crippen LogP) is 0.115. The number of nitrogens with zero attached hydrogens (tertiary/aromatic N) is 2. The fraction of sp³-hybridized carbons (Fsp3) is 0.909. The lowest BCUT2D eigenvalue weighted by atomic mass is 10.3. The molecule has 0 aliphatic carbocycles. The molecule has 1 aliphatic rings. The minimum Gasteiger partial charge on any atom is -0.480 e. The first kappa shape index (κ1) is 13.4. The van der Waals surface area contributed by atoms with Crippen molar-refractivity contribution in [2.75, 3.05) is 52.5 Å². The van der Waals surface area contributed by atoms with Gasteiger partial charge in [-0.1, -0.05) is 6.92 Å². The van der Waals surface area contributed by atoms with Crippen LogP contribution in [0.2, 0.25) is 0 Å². The minimum atomic E-state index is -0.736. The molecule has 0 aromatic heterocycles. The summed E-state index contributed by atoms with van der Waals surface area (Å²) in [5.41, 5.74) is 0. The topological polar surface area (TPSA) is 53.0 Å². The summed E-state index contributed by atoms with van der Waals surface area (Å²) in [6.45, 7) is 8.43. The number of carboxylic acid groups (broad SMARTS) is 1. The Kier molecular flexibility index (Phi) is 6.37. The molecule has 0 saturated carbocycles. The molecular weight excluding hydrogens is 208 g/mol. The van der Waals surface area contributed by atoms with Gasteiger partial charge in [0.05, 0.1) is 13.2 Å². The zero-order chi connectivity index (χ0) is 11.8. The summed E-state index contributed by atoms with van der Waals surface area (Å²) >= 11 is 0. The summed E-state index contributed by atoms with van der Waals surface area (Å²) in [6.07, 6.45) is 1.06. The largest absolute Gasteiger partial charge is 0.480 e. The Balaban J connectivity index is 2.05. The van der Waals surface area contributed by atoms with E-state index in [9.17, 15) is 4.79 Å². The van der Waals surface area contributed by atoms with Gasteiger partial charge >= 0.3 is 5.97 Å². The van der Waals surface area contributed by atoms with Gasteiger partial charge in [0, 0.05) is 39.3 Å². The Morgan fingerprint density at radius 1 is 1.19 bits per heavy atom. The molecule has 1 fully saturated rings. The molecule has 1 aliphatic heterocycles. The Hall–Kier alpha value is -0.650. The monoisotopic (exact) mass is 230 g/mol. The molecule has 0 amide bonds. The maximum absolute atomic E-state index is 10.5. The Morgan fingerprint density at radius 3 is 2.38 bits per heavy atom. The number of carboxylic acids is 1. The van der Waals surface area contributed by atoms with Gasteiger partial charge in [-0.3, -0.25) is 14.6 Å². The van der Waals surface area contributed by atoms with Crippen molar-refractivity contribution in [1.82, 2.24) is 9.80 Å². The lowest BCUT2D eigenvalue weighted by Gasteiger charge is -2.33. The van der Waals surface area contributed by atoms with E-state index in [4.69, 9.17) is 9.84 Å². The maximum Gasteiger partial charge on any atom is 0.317 e. The van der Waals surface area contributed by atoms with Gasteiger partial charge in [0.15, 0.2) is 0 Å². The van der Waals surface area contributed by atoms with E-state index in [0.29, 0.717) is 0 Å². The van der Waals surface area contributed by atoms with Crippen molar-refractivity contribution in [1.29, 1.82) is 0 Å². The number of ether oxygens (including phenoxy) is 1. The predicted molar refractivity (Wildman–Crippen MR) is 61.6 cm³/mol. The SMILES string of the molecule is CCCOCCN1CCN(CC(=O)O)CC1. The van der Waals surface area contributed by atoms with Crippen molar-refractivity contribution >= 4 is 5.97 Å². The first-order valence-electron chi connectivity index (χ1n) is 5.96. The molecule has 0 aromatic carbocycles. The van der Waals surface area contributed by atoms with E-state index in [1.807, 2.05) is 4.90 Å². The molecule has 94 valence electrons. The van der Waals surface area contributed by atoms with E-state index in [0.717, 1.165) is 52.4 Å². The Labute approximate surface area is 97.0 Å². The lowest BCUT2D eigenvalue weighted by Crippen LogP contribution is -2.48. The van der Waals surface area contributed by atoms with Crippen LogP contribution in [-0.2, 0) is 9.53 Å². The minimum absolute atomic E-state index is 0.167. The smallest absolute Gasteiger partial charge is 0.317 e. The second-order valence-electron chi connectivity index (χ2n) is 4.12. The zero-order valence-electron chi connectivity index (χ0n) is 10.0. The van der Waals surface area contributed by atoms with Crippen molar-refractivity contribution < 1.29 is 14.6 Å². The van der Waals surface area contributed by atoms with E-state index >= 15 is 0 Å². The molecular formula is C11H22N2O3. The van der Waals surface area contributed by atoms with Crippen LogP contribution in [0.3, 0.4) is 0 Å². The van der Waals surface area contributed by atoms with Gasteiger partial charge in [-0.25, -0.2) is 0 Å². The average Bonchev–Trinajstić information content (AvgIpc) is 2.26. The standard InChI is InChI=1S/C11H22N2O3/c1-2-8-16-9-7-12-3-5-13(6-4-12)10-11(14)15/h2-10H2,1H3,(H,14,15). The van der Waals surface area contributed by atoms with Crippen molar-refractivity contribution in [3.8, 4) is 0 Å². The van der Waals surface area contributed by atoms with E-state index in [-0.39, 0.29) is 6.54 Å². The summed E-state index contributed by atoms with van der Waals surface area (Å²) in [5.74, 6) is -0.736. The van der Waals surface area contributed by atoms with Crippen LogP contribution in [0.25, 0.3) is 0 Å². The third kappa shape index (κ3) is 5.44. The van der Waals surface area contributed by atoms with Gasteiger partial charge in [0.2, 0.25) is 0 Å². The molecule has 1 heterocycles. The average molecular weight is 230 g/mol. The number of hydrogen-bond acceptors (Lipinski definition) is 4. The van der Waals surface area contributed by atoms with Gasteiger partial charge in [0.25, 0.3) is 0 Å². The van der Waals surface area contributed by atoms with Gasteiger partial charge in [0.1, 0.15) is 0 Å². The second-order valence-corrected chi connectivity index (χ2v) is 4.12. The Morgan fingerprint density at radius 2 is 1.81 bits per heavy atom. The number of hydrogen-bond donors (Lipinski definition) is 1. The van der Waals surface area contributed by atoms with Gasteiger partial charge in [-0.2, -0.15) is 0 Å². The number of piperazine rings is 1. The summed E-state index contributed by atoms with van der Waals surface area (Å²) in [6, 6.07) is 0. The molecule has 0 spiro atoms. The molecule has 5 nitrogen and oxygen atoms in total. The third-order valence-electron chi connectivity index (χ3n) is 2.72. The van der Waals surface area contributed by atoms with Crippen LogP contribution in [0.4, 0.5) is 0 Å².